The van der Waals surface area contributed by atoms with Crippen molar-refractivity contribution in [3.63, 3.8) is 0 Å². The molecule has 0 aromatic heterocycles. The predicted octanol–water partition coefficient (Wildman–Crippen LogP) is 19.9. The first kappa shape index (κ1) is 74.5. The summed E-state index contributed by atoms with van der Waals surface area (Å²) in [5.41, 5.74) is 0. The molecule has 0 spiro atoms. The fourth-order valence-electron chi connectivity index (χ4n) is 9.99. The fraction of sp³-hybridized carbons (Fsp3) is 0.909. The van der Waals surface area contributed by atoms with Gasteiger partial charge in [0.25, 0.3) is 7.82 Å². The third-order valence-corrected chi connectivity index (χ3v) is 16.1. The molecular weight excluding hydrogens is 964 g/mol. The van der Waals surface area contributed by atoms with E-state index in [9.17, 15) is 19.0 Å². The van der Waals surface area contributed by atoms with Crippen molar-refractivity contribution >= 4 is 19.7 Å². The van der Waals surface area contributed by atoms with Gasteiger partial charge < -0.3 is 28.5 Å². The number of likely N-dealkylation sites (N-methyl/N-ethyl adjacent to an activating group) is 1. The van der Waals surface area contributed by atoms with E-state index in [1.807, 2.05) is 33.3 Å². The van der Waals surface area contributed by atoms with Gasteiger partial charge in [-0.15, -0.1) is 0 Å². The quantitative estimate of drug-likeness (QED) is 0.0212. The van der Waals surface area contributed by atoms with Gasteiger partial charge in [0.1, 0.15) is 19.3 Å². The van der Waals surface area contributed by atoms with Gasteiger partial charge in [-0.3, -0.25) is 14.2 Å². The number of amides is 1. The van der Waals surface area contributed by atoms with Crippen molar-refractivity contribution < 1.29 is 37.3 Å². The lowest BCUT2D eigenvalue weighted by molar-refractivity contribution is -0.870. The van der Waals surface area contributed by atoms with E-state index in [1.165, 1.54) is 244 Å². The second-order valence-electron chi connectivity index (χ2n) is 24.0. The summed E-state index contributed by atoms with van der Waals surface area (Å²) >= 11 is 0. The fourth-order valence-corrected chi connectivity index (χ4v) is 10.7. The minimum atomic E-state index is -4.69. The SMILES string of the molecule is CCCCCCCC/C=C/CCCCCCCCCCCCCCCCCCCC(=O)OC(/C=C\CCCCCCCCCCCC)C(COP(=O)([O-])OCC[N+](C)(C)C)NC(=O)CCCCCCCCCCCCC. The second-order valence-corrected chi connectivity index (χ2v) is 25.4. The highest BCUT2D eigenvalue weighted by Gasteiger charge is 2.27. The van der Waals surface area contributed by atoms with Crippen molar-refractivity contribution in [2.75, 3.05) is 40.9 Å². The molecule has 0 bridgehead atoms. The molecule has 0 fully saturated rings. The standard InChI is InChI=1S/C66H129N2O7P/c1-7-10-13-16-19-22-25-27-28-29-30-31-32-33-34-35-36-37-38-39-40-41-44-47-50-53-56-59-66(70)75-64(57-54-51-48-45-43-26-23-20-17-14-11-8-2)63(62-74-76(71,72)73-61-60-68(4,5)6)67-65(69)58-55-52-49-46-42-24-21-18-15-12-9-3/h27-28,54,57,63-64H,7-26,29-53,55-56,58-62H2,1-6H3,(H-,67,69,71,72)/b28-27+,57-54-. The molecule has 0 saturated heterocycles. The summed E-state index contributed by atoms with van der Waals surface area (Å²) in [7, 11) is 1.20. The lowest BCUT2D eigenvalue weighted by Gasteiger charge is -2.30. The molecule has 9 nitrogen and oxygen atoms in total. The van der Waals surface area contributed by atoms with E-state index in [4.69, 9.17) is 13.8 Å². The molecule has 0 saturated carbocycles. The van der Waals surface area contributed by atoms with E-state index in [1.54, 1.807) is 0 Å². The molecule has 1 N–H and O–H groups in total. The number of nitrogens with zero attached hydrogens (tertiary/aromatic N) is 1. The second kappa shape index (κ2) is 56.8. The number of hydrogen-bond acceptors (Lipinski definition) is 7. The third-order valence-electron chi connectivity index (χ3n) is 15.1. The summed E-state index contributed by atoms with van der Waals surface area (Å²) in [6, 6.07) is -0.880. The lowest BCUT2D eigenvalue weighted by atomic mass is 10.0. The first-order valence-corrected chi connectivity index (χ1v) is 34.6. The third kappa shape index (κ3) is 57.2. The number of nitrogens with one attached hydrogen (secondary N) is 1. The monoisotopic (exact) mass is 1090 g/mol. The topological polar surface area (TPSA) is 114 Å². The highest BCUT2D eigenvalue weighted by Crippen LogP contribution is 2.38. The number of quaternary nitrogens is 1. The molecule has 0 heterocycles. The Kier molecular flexibility index (Phi) is 55.6. The number of unbranched alkanes of at least 4 members (excludes halogenated alkanes) is 43. The van der Waals surface area contributed by atoms with Gasteiger partial charge in [-0.25, -0.2) is 0 Å². The van der Waals surface area contributed by atoms with Crippen LogP contribution >= 0.6 is 7.82 Å². The van der Waals surface area contributed by atoms with Gasteiger partial charge in [0.05, 0.1) is 33.8 Å². The van der Waals surface area contributed by atoms with E-state index in [-0.39, 0.29) is 31.5 Å². The van der Waals surface area contributed by atoms with Crippen molar-refractivity contribution in [2.24, 2.45) is 0 Å². The van der Waals surface area contributed by atoms with Gasteiger partial charge in [0.2, 0.25) is 5.91 Å². The Morgan fingerprint density at radius 2 is 0.763 bits per heavy atom. The summed E-state index contributed by atoms with van der Waals surface area (Å²) in [5.74, 6) is -0.524. The highest BCUT2D eigenvalue weighted by atomic mass is 31.2. The zero-order valence-electron chi connectivity index (χ0n) is 51.5. The summed E-state index contributed by atoms with van der Waals surface area (Å²) in [6.07, 6.45) is 67.4. The van der Waals surface area contributed by atoms with Crippen LogP contribution in [0.5, 0.6) is 0 Å². The lowest BCUT2D eigenvalue weighted by Crippen LogP contribution is -2.47. The maximum Gasteiger partial charge on any atom is 0.306 e. The number of phosphoric ester groups is 1. The van der Waals surface area contributed by atoms with Crippen LogP contribution in [0.1, 0.15) is 335 Å². The van der Waals surface area contributed by atoms with E-state index >= 15 is 0 Å². The summed E-state index contributed by atoms with van der Waals surface area (Å²) in [5, 5.41) is 3.03. The van der Waals surface area contributed by atoms with Crippen LogP contribution in [-0.2, 0) is 27.9 Å². The Labute approximate surface area is 473 Å². The van der Waals surface area contributed by atoms with Crippen molar-refractivity contribution in [3.8, 4) is 0 Å². The molecule has 0 radical (unpaired) electrons. The number of allylic oxidation sites excluding steroid dienone is 3. The molecule has 3 unspecified atom stereocenters. The average molecular weight is 1090 g/mol. The normalized spacial score (nSPS) is 13.7. The predicted molar refractivity (Wildman–Crippen MR) is 326 cm³/mol. The minimum absolute atomic E-state index is 0.0180. The average Bonchev–Trinajstić information content (AvgIpc) is 3.38. The molecule has 0 aliphatic rings. The Hall–Kier alpha value is -1.51. The summed E-state index contributed by atoms with van der Waals surface area (Å²) in [6.45, 7) is 6.87. The van der Waals surface area contributed by atoms with Crippen molar-refractivity contribution in [1.29, 1.82) is 0 Å². The van der Waals surface area contributed by atoms with E-state index in [0.717, 1.165) is 57.8 Å². The first-order chi connectivity index (χ1) is 36.9. The van der Waals surface area contributed by atoms with E-state index < -0.39 is 20.0 Å². The van der Waals surface area contributed by atoms with Gasteiger partial charge in [-0.05, 0) is 57.4 Å². The number of esters is 1. The van der Waals surface area contributed by atoms with Crippen molar-refractivity contribution in [1.82, 2.24) is 5.32 Å². The molecule has 0 aromatic rings. The van der Waals surface area contributed by atoms with Crippen LogP contribution in [0.25, 0.3) is 0 Å². The first-order valence-electron chi connectivity index (χ1n) is 33.1. The van der Waals surface area contributed by atoms with Crippen LogP contribution < -0.4 is 10.2 Å². The number of phosphoric acid groups is 1. The maximum atomic E-state index is 13.5. The number of rotatable bonds is 61. The van der Waals surface area contributed by atoms with Gasteiger partial charge in [0, 0.05) is 12.8 Å². The van der Waals surface area contributed by atoms with E-state index in [0.29, 0.717) is 17.4 Å². The number of carbonyl (C=O) groups is 2. The number of carbonyl (C=O) groups excluding carboxylic acids is 2. The van der Waals surface area contributed by atoms with Crippen LogP contribution in [0.3, 0.4) is 0 Å². The van der Waals surface area contributed by atoms with Crippen LogP contribution in [-0.4, -0.2) is 69.4 Å². The molecule has 3 atom stereocenters. The largest absolute Gasteiger partial charge is 0.756 e. The zero-order valence-corrected chi connectivity index (χ0v) is 52.4. The van der Waals surface area contributed by atoms with E-state index in [2.05, 4.69) is 38.2 Å². The molecular formula is C66H129N2O7P. The van der Waals surface area contributed by atoms with Gasteiger partial charge in [0.15, 0.2) is 0 Å². The Bertz CT molecular complexity index is 1350. The van der Waals surface area contributed by atoms with Crippen molar-refractivity contribution in [2.45, 2.75) is 348 Å². The molecule has 450 valence electrons. The van der Waals surface area contributed by atoms with Crippen molar-refractivity contribution in [3.05, 3.63) is 24.3 Å². The van der Waals surface area contributed by atoms with Crippen LogP contribution in [0.4, 0.5) is 0 Å². The molecule has 0 aliphatic carbocycles. The van der Waals surface area contributed by atoms with Gasteiger partial charge in [-0.2, -0.15) is 0 Å². The van der Waals surface area contributed by atoms with Crippen LogP contribution in [0.2, 0.25) is 0 Å². The smallest absolute Gasteiger partial charge is 0.306 e. The summed E-state index contributed by atoms with van der Waals surface area (Å²) < 4.78 is 30.3. The molecule has 0 aromatic carbocycles. The van der Waals surface area contributed by atoms with Gasteiger partial charge >= 0.3 is 5.97 Å². The zero-order chi connectivity index (χ0) is 55.7. The highest BCUT2D eigenvalue weighted by molar-refractivity contribution is 7.45. The molecule has 0 aliphatic heterocycles. The minimum Gasteiger partial charge on any atom is -0.756 e. The Morgan fingerprint density at radius 3 is 1.12 bits per heavy atom. The summed E-state index contributed by atoms with van der Waals surface area (Å²) in [4.78, 5) is 39.9. The maximum absolute atomic E-state index is 13.5. The molecule has 10 heteroatoms. The van der Waals surface area contributed by atoms with Crippen LogP contribution in [0, 0.1) is 0 Å². The Balaban J connectivity index is 4.93. The van der Waals surface area contributed by atoms with Crippen LogP contribution in [0.15, 0.2) is 24.3 Å². The number of ether oxygens (including phenoxy) is 1. The molecule has 76 heavy (non-hydrogen) atoms. The number of hydrogen-bond donors (Lipinski definition) is 1. The Morgan fingerprint density at radius 1 is 0.447 bits per heavy atom. The molecule has 1 amide bonds. The van der Waals surface area contributed by atoms with Gasteiger partial charge in [-0.1, -0.05) is 289 Å². The molecule has 0 rings (SSSR count).